The maximum Gasteiger partial charge on any atom is 0.341 e. The molecule has 0 aliphatic heterocycles. The van der Waals surface area contributed by atoms with Crippen LogP contribution in [0.5, 0.6) is 0 Å². The molecule has 2 bridgehead atoms. The predicted molar refractivity (Wildman–Crippen MR) is 106 cm³/mol. The molecule has 1 amide bonds. The minimum atomic E-state index is -0.927. The molecule has 0 saturated heterocycles. The van der Waals surface area contributed by atoms with Crippen LogP contribution in [0.4, 0.5) is 5.00 Å². The van der Waals surface area contributed by atoms with Crippen molar-refractivity contribution in [3.8, 4) is 0 Å². The molecule has 6 nitrogen and oxygen atoms in total. The summed E-state index contributed by atoms with van der Waals surface area (Å²) in [5, 5.41) is 13.0. The fourth-order valence-electron chi connectivity index (χ4n) is 5.04. The van der Waals surface area contributed by atoms with Crippen molar-refractivity contribution in [3.63, 3.8) is 0 Å². The van der Waals surface area contributed by atoms with E-state index in [9.17, 15) is 19.5 Å². The normalized spacial score (nSPS) is 28.3. The van der Waals surface area contributed by atoms with Crippen molar-refractivity contribution in [2.24, 2.45) is 23.7 Å². The molecule has 1 heterocycles. The molecule has 3 aliphatic rings. The van der Waals surface area contributed by atoms with Crippen LogP contribution in [0, 0.1) is 23.7 Å². The Labute approximate surface area is 168 Å². The number of aryl methyl sites for hydroxylation is 1. The number of carboxylic acids is 1. The number of methoxy groups -OCH3 is 1. The molecule has 4 rings (SSSR count). The fraction of sp³-hybridized carbons (Fsp3) is 0.571. The highest BCUT2D eigenvalue weighted by Gasteiger charge is 2.51. The highest BCUT2D eigenvalue weighted by atomic mass is 32.1. The lowest BCUT2D eigenvalue weighted by molar-refractivity contribution is -0.146. The Balaban J connectivity index is 1.64. The molecule has 4 atom stereocenters. The molecule has 0 aromatic carbocycles. The number of hydrogen-bond acceptors (Lipinski definition) is 5. The van der Waals surface area contributed by atoms with E-state index < -0.39 is 23.8 Å². The second-order valence-electron chi connectivity index (χ2n) is 7.94. The molecule has 1 saturated carbocycles. The number of fused-ring (bicyclic) bond motifs is 3. The number of carboxylic acid groups (broad SMARTS) is 1. The lowest BCUT2D eigenvalue weighted by Crippen LogP contribution is -2.36. The SMILES string of the molecule is COC(=O)c1c(NC(=O)C2C3C=CC(C3)C2C(=O)O)sc2c1CCCCCC2. The minimum absolute atomic E-state index is 0.0475. The summed E-state index contributed by atoms with van der Waals surface area (Å²) in [6, 6.07) is 0. The molecule has 0 radical (unpaired) electrons. The molecule has 0 spiro atoms. The monoisotopic (exact) mass is 403 g/mol. The van der Waals surface area contributed by atoms with Crippen LogP contribution >= 0.6 is 11.3 Å². The second-order valence-corrected chi connectivity index (χ2v) is 9.05. The van der Waals surface area contributed by atoms with Crippen molar-refractivity contribution < 1.29 is 24.2 Å². The molecule has 1 aromatic rings. The predicted octanol–water partition coefficient (Wildman–Crippen LogP) is 3.66. The van der Waals surface area contributed by atoms with Crippen molar-refractivity contribution in [3.05, 3.63) is 28.2 Å². The van der Waals surface area contributed by atoms with Crippen molar-refractivity contribution >= 4 is 34.2 Å². The molecule has 4 unspecified atom stereocenters. The van der Waals surface area contributed by atoms with Crippen LogP contribution in [0.2, 0.25) is 0 Å². The molecule has 1 fully saturated rings. The van der Waals surface area contributed by atoms with Crippen LogP contribution in [0.1, 0.15) is 52.9 Å². The summed E-state index contributed by atoms with van der Waals surface area (Å²) in [5.74, 6) is -3.08. The minimum Gasteiger partial charge on any atom is -0.481 e. The number of aliphatic carboxylic acids is 1. The Morgan fingerprint density at radius 3 is 2.43 bits per heavy atom. The van der Waals surface area contributed by atoms with Gasteiger partial charge in [0.15, 0.2) is 0 Å². The van der Waals surface area contributed by atoms with Gasteiger partial charge in [0.25, 0.3) is 0 Å². The average molecular weight is 404 g/mol. The van der Waals surface area contributed by atoms with Gasteiger partial charge in [-0.1, -0.05) is 25.0 Å². The van der Waals surface area contributed by atoms with Gasteiger partial charge in [0.05, 0.1) is 24.5 Å². The van der Waals surface area contributed by atoms with E-state index in [0.29, 0.717) is 17.0 Å². The van der Waals surface area contributed by atoms with Crippen LogP contribution < -0.4 is 5.32 Å². The number of esters is 1. The number of anilines is 1. The number of ether oxygens (including phenoxy) is 1. The maximum absolute atomic E-state index is 13.1. The van der Waals surface area contributed by atoms with E-state index in [1.54, 1.807) is 0 Å². The van der Waals surface area contributed by atoms with E-state index >= 15 is 0 Å². The van der Waals surface area contributed by atoms with E-state index in [4.69, 9.17) is 4.74 Å². The highest BCUT2D eigenvalue weighted by Crippen LogP contribution is 2.49. The number of allylic oxidation sites excluding steroid dienone is 2. The van der Waals surface area contributed by atoms with Crippen molar-refractivity contribution in [1.82, 2.24) is 0 Å². The Kier molecular flexibility index (Phi) is 5.27. The molecular formula is C21H25NO5S. The third-order valence-electron chi connectivity index (χ3n) is 6.34. The Hall–Kier alpha value is -2.15. The van der Waals surface area contributed by atoms with Crippen LogP contribution in [-0.4, -0.2) is 30.1 Å². The first-order valence-electron chi connectivity index (χ1n) is 9.96. The van der Waals surface area contributed by atoms with Crippen LogP contribution in [0.15, 0.2) is 12.2 Å². The van der Waals surface area contributed by atoms with Gasteiger partial charge in [-0.05, 0) is 49.5 Å². The summed E-state index contributed by atoms with van der Waals surface area (Å²) in [6.45, 7) is 0. The van der Waals surface area contributed by atoms with E-state index in [2.05, 4.69) is 5.32 Å². The number of hydrogen-bond donors (Lipinski definition) is 2. The standard InChI is InChI=1S/C21H25NO5S/c1-27-21(26)17-13-6-4-2-3-5-7-14(13)28-19(17)22-18(23)15-11-8-9-12(10-11)16(15)20(24)25/h8-9,11-12,15-16H,2-7,10H2,1H3,(H,22,23)(H,24,25). The Morgan fingerprint density at radius 1 is 1.07 bits per heavy atom. The third kappa shape index (κ3) is 3.26. The first-order chi connectivity index (χ1) is 13.5. The summed E-state index contributed by atoms with van der Waals surface area (Å²) in [5.41, 5.74) is 1.46. The fourth-order valence-corrected chi connectivity index (χ4v) is 6.32. The molecule has 150 valence electrons. The number of rotatable bonds is 4. The number of carbonyl (C=O) groups excluding carboxylic acids is 2. The molecule has 3 aliphatic carbocycles. The van der Waals surface area contributed by atoms with Gasteiger partial charge in [-0.25, -0.2) is 4.79 Å². The van der Waals surface area contributed by atoms with Gasteiger partial charge < -0.3 is 15.2 Å². The van der Waals surface area contributed by atoms with Gasteiger partial charge in [0.1, 0.15) is 5.00 Å². The number of carbonyl (C=O) groups is 3. The summed E-state index contributed by atoms with van der Waals surface area (Å²) >= 11 is 1.45. The van der Waals surface area contributed by atoms with Crippen LogP contribution in [-0.2, 0) is 27.2 Å². The topological polar surface area (TPSA) is 92.7 Å². The van der Waals surface area contributed by atoms with Gasteiger partial charge in [-0.2, -0.15) is 0 Å². The van der Waals surface area contributed by atoms with E-state index in [1.165, 1.54) is 24.9 Å². The highest BCUT2D eigenvalue weighted by molar-refractivity contribution is 7.17. The zero-order valence-electron chi connectivity index (χ0n) is 15.9. The van der Waals surface area contributed by atoms with Gasteiger partial charge in [0, 0.05) is 4.88 Å². The maximum atomic E-state index is 13.1. The molecule has 2 N–H and O–H groups in total. The van der Waals surface area contributed by atoms with Crippen molar-refractivity contribution in [2.75, 3.05) is 12.4 Å². The van der Waals surface area contributed by atoms with Crippen molar-refractivity contribution in [1.29, 1.82) is 0 Å². The molecule has 28 heavy (non-hydrogen) atoms. The zero-order chi connectivity index (χ0) is 19.8. The lowest BCUT2D eigenvalue weighted by Gasteiger charge is -2.23. The number of nitrogens with one attached hydrogen (secondary N) is 1. The van der Waals surface area contributed by atoms with E-state index in [1.807, 2.05) is 12.2 Å². The van der Waals surface area contributed by atoms with Crippen molar-refractivity contribution in [2.45, 2.75) is 44.9 Å². The van der Waals surface area contributed by atoms with Gasteiger partial charge >= 0.3 is 11.9 Å². The summed E-state index contributed by atoms with van der Waals surface area (Å²) in [7, 11) is 1.35. The van der Waals surface area contributed by atoms with Gasteiger partial charge in [-0.3, -0.25) is 9.59 Å². The lowest BCUT2D eigenvalue weighted by atomic mass is 9.82. The van der Waals surface area contributed by atoms with Gasteiger partial charge in [0.2, 0.25) is 5.91 Å². The summed E-state index contributed by atoms with van der Waals surface area (Å²) in [4.78, 5) is 38.4. The van der Waals surface area contributed by atoms with E-state index in [-0.39, 0.29) is 17.7 Å². The largest absolute Gasteiger partial charge is 0.481 e. The number of thiophene rings is 1. The second kappa shape index (κ2) is 7.70. The van der Waals surface area contributed by atoms with E-state index in [0.717, 1.165) is 42.5 Å². The Bertz CT molecular complexity index is 842. The van der Waals surface area contributed by atoms with Gasteiger partial charge in [-0.15, -0.1) is 11.3 Å². The van der Waals surface area contributed by atoms with Crippen LogP contribution in [0.25, 0.3) is 0 Å². The smallest absolute Gasteiger partial charge is 0.341 e. The number of amides is 1. The molecule has 7 heteroatoms. The van der Waals surface area contributed by atoms with Crippen LogP contribution in [0.3, 0.4) is 0 Å². The Morgan fingerprint density at radius 2 is 1.75 bits per heavy atom. The quantitative estimate of drug-likeness (QED) is 0.591. The summed E-state index contributed by atoms with van der Waals surface area (Å²) in [6.07, 6.45) is 10.7. The third-order valence-corrected chi connectivity index (χ3v) is 7.55. The first kappa shape index (κ1) is 19.2. The molecular weight excluding hydrogens is 378 g/mol. The molecule has 1 aromatic heterocycles. The zero-order valence-corrected chi connectivity index (χ0v) is 16.7. The average Bonchev–Trinajstić information content (AvgIpc) is 3.34. The first-order valence-corrected chi connectivity index (χ1v) is 10.8. The summed E-state index contributed by atoms with van der Waals surface area (Å²) < 4.78 is 5.00.